The van der Waals surface area contributed by atoms with E-state index < -0.39 is 0 Å². The molecular weight excluding hydrogens is 260 g/mol. The molecule has 1 aliphatic carbocycles. The quantitative estimate of drug-likeness (QED) is 0.862. The van der Waals surface area contributed by atoms with Crippen molar-refractivity contribution >= 4 is 0 Å². The van der Waals surface area contributed by atoms with E-state index in [1.54, 1.807) is 0 Å². The highest BCUT2D eigenvalue weighted by Gasteiger charge is 2.36. The van der Waals surface area contributed by atoms with Gasteiger partial charge in [-0.3, -0.25) is 4.90 Å². The zero-order valence-electron chi connectivity index (χ0n) is 14.8. The van der Waals surface area contributed by atoms with Crippen LogP contribution in [0.25, 0.3) is 0 Å². The van der Waals surface area contributed by atoms with Crippen LogP contribution in [0.2, 0.25) is 0 Å². The lowest BCUT2D eigenvalue weighted by Gasteiger charge is -2.44. The standard InChI is InChI=1S/C18H36N2O/c1-6-16-13-20(9-10-21-16)12-14-11-15(18(2,3)4)7-8-17(14)19-5/h14-17,19H,6-13H2,1-5H3. The highest BCUT2D eigenvalue weighted by Crippen LogP contribution is 2.40. The zero-order valence-corrected chi connectivity index (χ0v) is 14.8. The van der Waals surface area contributed by atoms with Crippen molar-refractivity contribution in [2.75, 3.05) is 33.3 Å². The van der Waals surface area contributed by atoms with Gasteiger partial charge in [-0.2, -0.15) is 0 Å². The molecule has 4 atom stereocenters. The van der Waals surface area contributed by atoms with Crippen LogP contribution in [-0.2, 0) is 4.74 Å². The fraction of sp³-hybridized carbons (Fsp3) is 1.00. The van der Waals surface area contributed by atoms with Crippen LogP contribution in [0, 0.1) is 17.3 Å². The molecule has 2 aliphatic rings. The van der Waals surface area contributed by atoms with Gasteiger partial charge in [-0.1, -0.05) is 27.7 Å². The van der Waals surface area contributed by atoms with E-state index in [4.69, 9.17) is 4.74 Å². The van der Waals surface area contributed by atoms with Crippen LogP contribution in [0.3, 0.4) is 0 Å². The summed E-state index contributed by atoms with van der Waals surface area (Å²) in [6, 6.07) is 0.700. The number of nitrogens with zero attached hydrogens (tertiary/aromatic N) is 1. The Morgan fingerprint density at radius 3 is 2.62 bits per heavy atom. The predicted octanol–water partition coefficient (Wildman–Crippen LogP) is 3.15. The van der Waals surface area contributed by atoms with Crippen molar-refractivity contribution < 1.29 is 4.74 Å². The van der Waals surface area contributed by atoms with E-state index in [9.17, 15) is 0 Å². The molecule has 0 aromatic carbocycles. The topological polar surface area (TPSA) is 24.5 Å². The molecule has 2 fully saturated rings. The molecule has 3 heteroatoms. The summed E-state index contributed by atoms with van der Waals surface area (Å²) >= 11 is 0. The van der Waals surface area contributed by atoms with E-state index in [0.717, 1.165) is 38.0 Å². The fourth-order valence-corrected chi connectivity index (χ4v) is 4.16. The molecule has 1 saturated heterocycles. The van der Waals surface area contributed by atoms with Gasteiger partial charge in [-0.15, -0.1) is 0 Å². The van der Waals surface area contributed by atoms with Crippen LogP contribution in [0.15, 0.2) is 0 Å². The molecule has 0 radical (unpaired) electrons. The summed E-state index contributed by atoms with van der Waals surface area (Å²) in [6.45, 7) is 13.9. The number of hydrogen-bond donors (Lipinski definition) is 1. The highest BCUT2D eigenvalue weighted by atomic mass is 16.5. The van der Waals surface area contributed by atoms with Crippen molar-refractivity contribution in [1.82, 2.24) is 10.2 Å². The lowest BCUT2D eigenvalue weighted by atomic mass is 9.67. The maximum atomic E-state index is 5.82. The maximum Gasteiger partial charge on any atom is 0.0700 e. The van der Waals surface area contributed by atoms with Crippen molar-refractivity contribution in [2.45, 2.75) is 65.5 Å². The predicted molar refractivity (Wildman–Crippen MR) is 89.6 cm³/mol. The van der Waals surface area contributed by atoms with Crippen LogP contribution in [0.4, 0.5) is 0 Å². The molecule has 1 saturated carbocycles. The summed E-state index contributed by atoms with van der Waals surface area (Å²) in [5.41, 5.74) is 0.452. The van der Waals surface area contributed by atoms with Gasteiger partial charge in [0.1, 0.15) is 0 Å². The average molecular weight is 296 g/mol. The Balaban J connectivity index is 1.94. The Labute approximate surface area is 131 Å². The summed E-state index contributed by atoms with van der Waals surface area (Å²) in [5.74, 6) is 1.67. The Bertz CT molecular complexity index is 313. The summed E-state index contributed by atoms with van der Waals surface area (Å²) in [5, 5.41) is 3.58. The summed E-state index contributed by atoms with van der Waals surface area (Å²) in [4.78, 5) is 2.65. The second-order valence-electron chi connectivity index (χ2n) is 8.19. The fourth-order valence-electron chi connectivity index (χ4n) is 4.16. The van der Waals surface area contributed by atoms with Crippen LogP contribution in [0.1, 0.15) is 53.4 Å². The normalized spacial score (nSPS) is 35.9. The van der Waals surface area contributed by atoms with Crippen LogP contribution >= 0.6 is 0 Å². The summed E-state index contributed by atoms with van der Waals surface area (Å²) < 4.78 is 5.82. The van der Waals surface area contributed by atoms with Gasteiger partial charge < -0.3 is 10.1 Å². The van der Waals surface area contributed by atoms with E-state index in [1.807, 2.05) is 0 Å². The molecule has 124 valence electrons. The van der Waals surface area contributed by atoms with E-state index in [0.29, 0.717) is 17.6 Å². The lowest BCUT2D eigenvalue weighted by molar-refractivity contribution is -0.0400. The van der Waals surface area contributed by atoms with Crippen LogP contribution in [0.5, 0.6) is 0 Å². The van der Waals surface area contributed by atoms with E-state index in [-0.39, 0.29) is 0 Å². The second-order valence-corrected chi connectivity index (χ2v) is 8.19. The Hall–Kier alpha value is -0.120. The van der Waals surface area contributed by atoms with Gasteiger partial charge >= 0.3 is 0 Å². The molecule has 0 spiro atoms. The molecule has 4 unspecified atom stereocenters. The Kier molecular flexibility index (Phi) is 6.10. The van der Waals surface area contributed by atoms with Crippen molar-refractivity contribution in [3.05, 3.63) is 0 Å². The third-order valence-corrected chi connectivity index (χ3v) is 5.75. The molecule has 3 nitrogen and oxygen atoms in total. The maximum absolute atomic E-state index is 5.82. The van der Waals surface area contributed by atoms with Crippen molar-refractivity contribution in [3.8, 4) is 0 Å². The molecule has 0 aromatic rings. The first-order valence-corrected chi connectivity index (χ1v) is 8.95. The first kappa shape index (κ1) is 17.2. The first-order valence-electron chi connectivity index (χ1n) is 8.95. The second kappa shape index (κ2) is 7.43. The highest BCUT2D eigenvalue weighted by molar-refractivity contribution is 4.90. The Morgan fingerprint density at radius 1 is 1.24 bits per heavy atom. The molecule has 21 heavy (non-hydrogen) atoms. The largest absolute Gasteiger partial charge is 0.376 e. The smallest absolute Gasteiger partial charge is 0.0700 e. The first-order chi connectivity index (χ1) is 9.94. The molecular formula is C18H36N2O. The molecule has 0 bridgehead atoms. The number of ether oxygens (including phenoxy) is 1. The third kappa shape index (κ3) is 4.67. The van der Waals surface area contributed by atoms with Crippen molar-refractivity contribution in [1.29, 1.82) is 0 Å². The number of hydrogen-bond acceptors (Lipinski definition) is 3. The molecule has 1 aliphatic heterocycles. The minimum atomic E-state index is 0.452. The van der Waals surface area contributed by atoms with Gasteiger partial charge in [0, 0.05) is 25.7 Å². The summed E-state index contributed by atoms with van der Waals surface area (Å²) in [6.07, 6.45) is 5.69. The van der Waals surface area contributed by atoms with E-state index in [2.05, 4.69) is 45.0 Å². The van der Waals surface area contributed by atoms with Crippen LogP contribution in [-0.4, -0.2) is 50.3 Å². The van der Waals surface area contributed by atoms with E-state index in [1.165, 1.54) is 25.8 Å². The van der Waals surface area contributed by atoms with Gasteiger partial charge in [-0.25, -0.2) is 0 Å². The Morgan fingerprint density at radius 2 is 2.00 bits per heavy atom. The van der Waals surface area contributed by atoms with Crippen molar-refractivity contribution in [3.63, 3.8) is 0 Å². The number of morpholine rings is 1. The molecule has 2 rings (SSSR count). The van der Waals surface area contributed by atoms with Crippen LogP contribution < -0.4 is 5.32 Å². The van der Waals surface area contributed by atoms with Gasteiger partial charge in [-0.05, 0) is 50.0 Å². The van der Waals surface area contributed by atoms with Gasteiger partial charge in [0.2, 0.25) is 0 Å². The molecule has 0 amide bonds. The summed E-state index contributed by atoms with van der Waals surface area (Å²) in [7, 11) is 2.14. The lowest BCUT2D eigenvalue weighted by Crippen LogP contribution is -2.50. The minimum Gasteiger partial charge on any atom is -0.376 e. The van der Waals surface area contributed by atoms with Gasteiger partial charge in [0.25, 0.3) is 0 Å². The average Bonchev–Trinajstić information content (AvgIpc) is 2.46. The van der Waals surface area contributed by atoms with E-state index >= 15 is 0 Å². The number of rotatable bonds is 4. The van der Waals surface area contributed by atoms with Gasteiger partial charge in [0.15, 0.2) is 0 Å². The van der Waals surface area contributed by atoms with Gasteiger partial charge in [0.05, 0.1) is 12.7 Å². The zero-order chi connectivity index (χ0) is 15.5. The third-order valence-electron chi connectivity index (χ3n) is 5.75. The molecule has 1 heterocycles. The van der Waals surface area contributed by atoms with Crippen molar-refractivity contribution in [2.24, 2.45) is 17.3 Å². The SMILES string of the molecule is CCC1CN(CC2CC(C(C)(C)C)CCC2NC)CCO1. The monoisotopic (exact) mass is 296 g/mol. The number of nitrogens with one attached hydrogen (secondary N) is 1. The molecule has 0 aromatic heterocycles. The molecule has 1 N–H and O–H groups in total. The minimum absolute atomic E-state index is 0.452.